The summed E-state index contributed by atoms with van der Waals surface area (Å²) in [6, 6.07) is 2.72. The van der Waals surface area contributed by atoms with Crippen LogP contribution in [0.2, 0.25) is 0 Å². The Kier molecular flexibility index (Phi) is 4.17. The van der Waals surface area contributed by atoms with Crippen molar-refractivity contribution in [2.24, 2.45) is 0 Å². The van der Waals surface area contributed by atoms with Gasteiger partial charge < -0.3 is 10.6 Å². The summed E-state index contributed by atoms with van der Waals surface area (Å²) in [4.78, 5) is 17.5. The SMILES string of the molecule is CN(Cc1cscn1)C(=O)c1cc(C(F)(F)F)ccc1N. The van der Waals surface area contributed by atoms with Crippen molar-refractivity contribution >= 4 is 22.9 Å². The van der Waals surface area contributed by atoms with Crippen LogP contribution in [0.5, 0.6) is 0 Å². The average molecular weight is 315 g/mol. The summed E-state index contributed by atoms with van der Waals surface area (Å²) >= 11 is 1.38. The van der Waals surface area contributed by atoms with Gasteiger partial charge in [-0.25, -0.2) is 4.98 Å². The van der Waals surface area contributed by atoms with Crippen molar-refractivity contribution in [3.63, 3.8) is 0 Å². The second-order valence-corrected chi connectivity index (χ2v) is 5.16. The number of nitrogen functional groups attached to an aromatic ring is 1. The van der Waals surface area contributed by atoms with Crippen molar-refractivity contribution in [1.82, 2.24) is 9.88 Å². The second-order valence-electron chi connectivity index (χ2n) is 4.44. The molecule has 0 bridgehead atoms. The van der Waals surface area contributed by atoms with E-state index in [2.05, 4.69) is 4.98 Å². The Morgan fingerprint density at radius 1 is 1.43 bits per heavy atom. The van der Waals surface area contributed by atoms with Gasteiger partial charge in [0.25, 0.3) is 5.91 Å². The van der Waals surface area contributed by atoms with Crippen molar-refractivity contribution in [2.75, 3.05) is 12.8 Å². The zero-order valence-electron chi connectivity index (χ0n) is 11.0. The molecule has 0 radical (unpaired) electrons. The third-order valence-electron chi connectivity index (χ3n) is 2.84. The number of nitrogens with zero attached hydrogens (tertiary/aromatic N) is 2. The largest absolute Gasteiger partial charge is 0.416 e. The molecule has 0 spiro atoms. The lowest BCUT2D eigenvalue weighted by molar-refractivity contribution is -0.137. The molecule has 2 N–H and O–H groups in total. The number of amides is 1. The zero-order chi connectivity index (χ0) is 15.6. The molecule has 1 aromatic carbocycles. The van der Waals surface area contributed by atoms with E-state index in [-0.39, 0.29) is 17.8 Å². The van der Waals surface area contributed by atoms with E-state index in [4.69, 9.17) is 5.73 Å². The highest BCUT2D eigenvalue weighted by Crippen LogP contribution is 2.31. The fourth-order valence-corrected chi connectivity index (χ4v) is 2.30. The van der Waals surface area contributed by atoms with Gasteiger partial charge >= 0.3 is 6.18 Å². The summed E-state index contributed by atoms with van der Waals surface area (Å²) in [5.41, 5.74) is 6.85. The van der Waals surface area contributed by atoms with Gasteiger partial charge in [-0.3, -0.25) is 4.79 Å². The van der Waals surface area contributed by atoms with Gasteiger partial charge in [0.15, 0.2) is 0 Å². The lowest BCUT2D eigenvalue weighted by atomic mass is 10.1. The number of thiazole rings is 1. The van der Waals surface area contributed by atoms with E-state index in [0.29, 0.717) is 5.69 Å². The number of aromatic nitrogens is 1. The van der Waals surface area contributed by atoms with Crippen LogP contribution in [-0.2, 0) is 12.7 Å². The molecular weight excluding hydrogens is 303 g/mol. The molecule has 0 aliphatic rings. The molecule has 4 nitrogen and oxygen atoms in total. The third-order valence-corrected chi connectivity index (χ3v) is 3.48. The maximum Gasteiger partial charge on any atom is 0.416 e. The number of rotatable bonds is 3. The topological polar surface area (TPSA) is 59.2 Å². The second kappa shape index (κ2) is 5.72. The summed E-state index contributed by atoms with van der Waals surface area (Å²) in [7, 11) is 1.49. The van der Waals surface area contributed by atoms with E-state index in [1.165, 1.54) is 23.3 Å². The minimum atomic E-state index is -4.52. The van der Waals surface area contributed by atoms with Crippen LogP contribution in [0.25, 0.3) is 0 Å². The van der Waals surface area contributed by atoms with Gasteiger partial charge in [-0.05, 0) is 18.2 Å². The van der Waals surface area contributed by atoms with Crippen LogP contribution in [-0.4, -0.2) is 22.8 Å². The molecular formula is C13H12F3N3OS. The molecule has 0 aliphatic heterocycles. The van der Waals surface area contributed by atoms with Gasteiger partial charge in [-0.1, -0.05) is 0 Å². The highest BCUT2D eigenvalue weighted by atomic mass is 32.1. The van der Waals surface area contributed by atoms with Gasteiger partial charge in [0, 0.05) is 18.1 Å². The van der Waals surface area contributed by atoms with Gasteiger partial charge in [0.1, 0.15) is 0 Å². The smallest absolute Gasteiger partial charge is 0.398 e. The van der Waals surface area contributed by atoms with Gasteiger partial charge in [-0.15, -0.1) is 11.3 Å². The summed E-state index contributed by atoms with van der Waals surface area (Å²) in [5, 5.41) is 1.76. The van der Waals surface area contributed by atoms with Crippen LogP contribution >= 0.6 is 11.3 Å². The fourth-order valence-electron chi connectivity index (χ4n) is 1.75. The minimum absolute atomic E-state index is 0.0122. The lowest BCUT2D eigenvalue weighted by Crippen LogP contribution is -2.27. The maximum absolute atomic E-state index is 12.7. The van der Waals surface area contributed by atoms with E-state index >= 15 is 0 Å². The van der Waals surface area contributed by atoms with E-state index in [0.717, 1.165) is 18.2 Å². The molecule has 1 heterocycles. The maximum atomic E-state index is 12.7. The first-order chi connectivity index (χ1) is 9.79. The van der Waals surface area contributed by atoms with Crippen molar-refractivity contribution in [1.29, 1.82) is 0 Å². The molecule has 112 valence electrons. The highest BCUT2D eigenvalue weighted by molar-refractivity contribution is 7.07. The standard InChI is InChI=1S/C13H12F3N3OS/c1-19(5-9-6-21-7-18-9)12(20)10-4-8(13(14,15)16)2-3-11(10)17/h2-4,6-7H,5,17H2,1H3. The van der Waals surface area contributed by atoms with Crippen molar-refractivity contribution in [2.45, 2.75) is 12.7 Å². The first kappa shape index (κ1) is 15.3. The molecule has 8 heteroatoms. The van der Waals surface area contributed by atoms with Crippen LogP contribution in [0.4, 0.5) is 18.9 Å². The van der Waals surface area contributed by atoms with E-state index in [9.17, 15) is 18.0 Å². The Bertz CT molecular complexity index is 641. The summed E-state index contributed by atoms with van der Waals surface area (Å²) in [6.45, 7) is 0.206. The molecule has 0 saturated carbocycles. The number of halogens is 3. The number of nitrogens with two attached hydrogens (primary N) is 1. The Morgan fingerprint density at radius 2 is 2.14 bits per heavy atom. The Labute approximate surface area is 123 Å². The first-order valence-electron chi connectivity index (χ1n) is 5.88. The van der Waals surface area contributed by atoms with Crippen LogP contribution in [0.3, 0.4) is 0 Å². The number of alkyl halides is 3. The lowest BCUT2D eigenvalue weighted by Gasteiger charge is -2.18. The molecule has 1 aromatic heterocycles. The Balaban J connectivity index is 2.26. The van der Waals surface area contributed by atoms with Gasteiger partial charge in [0.2, 0.25) is 0 Å². The van der Waals surface area contributed by atoms with Gasteiger partial charge in [-0.2, -0.15) is 13.2 Å². The van der Waals surface area contributed by atoms with Crippen molar-refractivity contribution < 1.29 is 18.0 Å². The van der Waals surface area contributed by atoms with Crippen LogP contribution in [0, 0.1) is 0 Å². The predicted octanol–water partition coefficient (Wildman–Crippen LogP) is 3.02. The zero-order valence-corrected chi connectivity index (χ0v) is 11.8. The Morgan fingerprint density at radius 3 is 2.71 bits per heavy atom. The monoisotopic (exact) mass is 315 g/mol. The van der Waals surface area contributed by atoms with Crippen LogP contribution in [0.1, 0.15) is 21.6 Å². The molecule has 2 rings (SSSR count). The number of hydrogen-bond donors (Lipinski definition) is 1. The molecule has 0 fully saturated rings. The summed E-state index contributed by atoms with van der Waals surface area (Å²) < 4.78 is 38.1. The first-order valence-corrected chi connectivity index (χ1v) is 6.82. The van der Waals surface area contributed by atoms with Crippen LogP contribution < -0.4 is 5.73 Å². The third kappa shape index (κ3) is 3.52. The van der Waals surface area contributed by atoms with Crippen molar-refractivity contribution in [3.05, 3.63) is 45.9 Å². The predicted molar refractivity (Wildman–Crippen MR) is 73.8 cm³/mol. The van der Waals surface area contributed by atoms with Gasteiger partial charge in [0.05, 0.1) is 28.9 Å². The molecule has 1 amide bonds. The average Bonchev–Trinajstić information content (AvgIpc) is 2.90. The molecule has 0 saturated heterocycles. The van der Waals surface area contributed by atoms with Crippen molar-refractivity contribution in [3.8, 4) is 0 Å². The number of benzene rings is 1. The van der Waals surface area contributed by atoms with E-state index in [1.54, 1.807) is 10.9 Å². The summed E-state index contributed by atoms with van der Waals surface area (Å²) in [5.74, 6) is -0.577. The summed E-state index contributed by atoms with van der Waals surface area (Å²) in [6.07, 6.45) is -4.52. The highest BCUT2D eigenvalue weighted by Gasteiger charge is 2.32. The molecule has 0 atom stereocenters. The molecule has 21 heavy (non-hydrogen) atoms. The molecule has 0 aliphatic carbocycles. The normalized spacial score (nSPS) is 11.4. The van der Waals surface area contributed by atoms with E-state index in [1.807, 2.05) is 0 Å². The quantitative estimate of drug-likeness (QED) is 0.886. The number of hydrogen-bond acceptors (Lipinski definition) is 4. The Hall–Kier alpha value is -2.09. The molecule has 2 aromatic rings. The number of anilines is 1. The van der Waals surface area contributed by atoms with E-state index < -0.39 is 17.6 Å². The van der Waals surface area contributed by atoms with Crippen LogP contribution in [0.15, 0.2) is 29.1 Å². The number of carbonyl (C=O) groups is 1. The minimum Gasteiger partial charge on any atom is -0.398 e. The number of carbonyl (C=O) groups excluding carboxylic acids is 1. The molecule has 0 unspecified atom stereocenters. The fraction of sp³-hybridized carbons (Fsp3) is 0.231.